The number of ether oxygens (including phenoxy) is 1. The number of hydrogen-bond acceptors (Lipinski definition) is 9. The van der Waals surface area contributed by atoms with Crippen molar-refractivity contribution in [1.82, 2.24) is 0 Å². The van der Waals surface area contributed by atoms with Crippen LogP contribution in [-0.4, -0.2) is 54.2 Å². The highest BCUT2D eigenvalue weighted by molar-refractivity contribution is 7.66. The van der Waals surface area contributed by atoms with E-state index in [9.17, 15) is 28.8 Å². The van der Waals surface area contributed by atoms with Crippen molar-refractivity contribution in [2.24, 2.45) is 0 Å². The molecule has 160 valence electrons. The van der Waals surface area contributed by atoms with Gasteiger partial charge in [-0.25, -0.2) is 13.7 Å². The average Bonchev–Trinajstić information content (AvgIpc) is 2.73. The molecule has 2 unspecified atom stereocenters. The molecule has 0 bridgehead atoms. The number of aliphatic hydroxyl groups excluding tert-OH is 1. The first-order chi connectivity index (χ1) is 12.6. The lowest BCUT2D eigenvalue weighted by molar-refractivity contribution is -0.0645. The van der Waals surface area contributed by atoms with Crippen LogP contribution in [-0.2, 0) is 31.6 Å². The molecule has 0 radical (unpaired) electrons. The zero-order chi connectivity index (χ0) is 21.4. The van der Waals surface area contributed by atoms with Gasteiger partial charge in [-0.3, -0.25) is 4.52 Å². The van der Waals surface area contributed by atoms with Crippen LogP contribution in [0.15, 0.2) is 30.3 Å². The summed E-state index contributed by atoms with van der Waals surface area (Å²) < 4.78 is 50.7. The van der Waals surface area contributed by atoms with Gasteiger partial charge in [0.15, 0.2) is 0 Å². The highest BCUT2D eigenvalue weighted by atomic mass is 31.3. The molecule has 1 aliphatic heterocycles. The topological polar surface area (TPSA) is 210 Å². The minimum absolute atomic E-state index is 0.507. The Balaban J connectivity index is 2.04. The number of rotatable bonds is 8. The van der Waals surface area contributed by atoms with Crippen LogP contribution in [0.2, 0.25) is 0 Å². The van der Waals surface area contributed by atoms with Gasteiger partial charge in [-0.2, -0.15) is 8.62 Å². The van der Waals surface area contributed by atoms with Crippen LogP contribution < -0.4 is 0 Å². The summed E-state index contributed by atoms with van der Waals surface area (Å²) in [5.74, 6) is 0. The fraction of sp³-hybridized carbons (Fsp3) is 0.500. The van der Waals surface area contributed by atoms with E-state index < -0.39 is 54.0 Å². The molecule has 1 fully saturated rings. The third kappa shape index (κ3) is 6.25. The lowest BCUT2D eigenvalue weighted by Crippen LogP contribution is -2.43. The van der Waals surface area contributed by atoms with Gasteiger partial charge in [-0.15, -0.1) is 0 Å². The molecule has 0 spiro atoms. The van der Waals surface area contributed by atoms with Crippen molar-refractivity contribution in [3.63, 3.8) is 0 Å². The van der Waals surface area contributed by atoms with Gasteiger partial charge in [-0.1, -0.05) is 30.3 Å². The molecule has 1 saturated heterocycles. The summed E-state index contributed by atoms with van der Waals surface area (Å²) in [5, 5.41) is 20.7. The summed E-state index contributed by atoms with van der Waals surface area (Å²) in [4.78, 5) is 35.5. The van der Waals surface area contributed by atoms with Crippen LogP contribution in [0.1, 0.15) is 18.6 Å². The van der Waals surface area contributed by atoms with E-state index in [1.54, 1.807) is 30.3 Å². The first-order valence-corrected chi connectivity index (χ1v) is 12.0. The van der Waals surface area contributed by atoms with Crippen molar-refractivity contribution >= 4 is 23.5 Å². The van der Waals surface area contributed by atoms with E-state index >= 15 is 0 Å². The Labute approximate surface area is 158 Å². The summed E-state index contributed by atoms with van der Waals surface area (Å²) in [6.45, 7) is 0.407. The lowest BCUT2D eigenvalue weighted by Gasteiger charge is -2.26. The molecule has 0 saturated carbocycles. The largest absolute Gasteiger partial charge is 0.490 e. The molecule has 1 aromatic rings. The van der Waals surface area contributed by atoms with Gasteiger partial charge in [0.1, 0.15) is 23.9 Å². The minimum Gasteiger partial charge on any atom is -0.387 e. The van der Waals surface area contributed by atoms with Crippen LogP contribution in [0, 0.1) is 0 Å². The Kier molecular flexibility index (Phi) is 7.08. The Bertz CT molecular complexity index is 821. The van der Waals surface area contributed by atoms with Crippen LogP contribution in [0.5, 0.6) is 0 Å². The molecule has 6 N–H and O–H groups in total. The molecule has 6 atom stereocenters. The highest BCUT2D eigenvalue weighted by Gasteiger charge is 2.53. The van der Waals surface area contributed by atoms with Crippen molar-refractivity contribution in [3.8, 4) is 0 Å². The van der Waals surface area contributed by atoms with E-state index in [2.05, 4.69) is 13.1 Å². The molecular formula is C12H19O13P3. The molecule has 1 aromatic carbocycles. The fourth-order valence-corrected chi connectivity index (χ4v) is 5.59. The lowest BCUT2D eigenvalue weighted by atomic mass is 9.89. The summed E-state index contributed by atoms with van der Waals surface area (Å²) >= 11 is 0. The zero-order valence-corrected chi connectivity index (χ0v) is 16.9. The number of phosphoric acid groups is 3. The Hall–Kier alpha value is -0.490. The summed E-state index contributed by atoms with van der Waals surface area (Å²) in [7, 11) is -16.5. The van der Waals surface area contributed by atoms with Crippen molar-refractivity contribution in [3.05, 3.63) is 35.9 Å². The van der Waals surface area contributed by atoms with E-state index in [0.717, 1.165) is 0 Å². The van der Waals surface area contributed by atoms with E-state index in [4.69, 9.17) is 19.4 Å². The third-order valence-corrected chi connectivity index (χ3v) is 7.52. The van der Waals surface area contributed by atoms with Gasteiger partial charge in [-0.05, 0) is 12.5 Å². The number of phosphoric ester groups is 1. The van der Waals surface area contributed by atoms with Gasteiger partial charge < -0.3 is 34.5 Å². The zero-order valence-electron chi connectivity index (χ0n) is 14.2. The summed E-state index contributed by atoms with van der Waals surface area (Å²) in [6.07, 6.45) is -3.94. The third-order valence-electron chi connectivity index (χ3n) is 3.71. The average molecular weight is 464 g/mol. The SMILES string of the molecule is C[C@@]1(O)[C@H](O)[C@@H](COP(=O)(O)OP(=O)(O)OP(=O)(O)O)O[C@H]1c1ccccc1. The van der Waals surface area contributed by atoms with Crippen LogP contribution in [0.4, 0.5) is 0 Å². The Morgan fingerprint density at radius 2 is 1.61 bits per heavy atom. The molecule has 13 nitrogen and oxygen atoms in total. The first-order valence-electron chi connectivity index (χ1n) is 7.52. The quantitative estimate of drug-likeness (QED) is 0.291. The first kappa shape index (κ1) is 23.8. The highest BCUT2D eigenvalue weighted by Crippen LogP contribution is 2.66. The molecule has 0 aliphatic carbocycles. The van der Waals surface area contributed by atoms with Gasteiger partial charge >= 0.3 is 23.5 Å². The van der Waals surface area contributed by atoms with Crippen molar-refractivity contribution in [2.75, 3.05) is 6.61 Å². The number of hydrogen-bond donors (Lipinski definition) is 6. The van der Waals surface area contributed by atoms with E-state index in [1.807, 2.05) is 0 Å². The summed E-state index contributed by atoms with van der Waals surface area (Å²) in [5.41, 5.74) is -1.29. The van der Waals surface area contributed by atoms with Gasteiger partial charge in [0.25, 0.3) is 0 Å². The standard InChI is InChI=1S/C12H19O13P3/c1-12(14)10(13)9(23-11(12)8-5-3-2-4-6-8)7-22-27(18,19)25-28(20,21)24-26(15,16)17/h2-6,9-11,13-14H,7H2,1H3,(H,18,19)(H,20,21)(H2,15,16,17)/t9-,10-,11+,12-/m1/s1. The van der Waals surface area contributed by atoms with E-state index in [-0.39, 0.29) is 0 Å². The molecular weight excluding hydrogens is 445 g/mol. The number of aliphatic hydroxyl groups is 2. The normalized spacial score (nSPS) is 32.6. The Morgan fingerprint density at radius 3 is 2.14 bits per heavy atom. The predicted molar refractivity (Wildman–Crippen MR) is 90.5 cm³/mol. The van der Waals surface area contributed by atoms with Crippen molar-refractivity contribution in [2.45, 2.75) is 30.8 Å². The molecule has 16 heteroatoms. The van der Waals surface area contributed by atoms with Crippen molar-refractivity contribution < 1.29 is 61.4 Å². The van der Waals surface area contributed by atoms with Crippen LogP contribution >= 0.6 is 23.5 Å². The van der Waals surface area contributed by atoms with Crippen LogP contribution in [0.3, 0.4) is 0 Å². The maximum atomic E-state index is 11.7. The van der Waals surface area contributed by atoms with Crippen LogP contribution in [0.25, 0.3) is 0 Å². The van der Waals surface area contributed by atoms with Crippen molar-refractivity contribution in [1.29, 1.82) is 0 Å². The fourth-order valence-electron chi connectivity index (χ4n) is 2.56. The summed E-state index contributed by atoms with van der Waals surface area (Å²) in [6, 6.07) is 8.30. The molecule has 28 heavy (non-hydrogen) atoms. The minimum atomic E-state index is -5.65. The molecule has 0 amide bonds. The number of benzene rings is 1. The second kappa shape index (κ2) is 8.33. The Morgan fingerprint density at radius 1 is 1.04 bits per heavy atom. The molecule has 1 aliphatic rings. The predicted octanol–water partition coefficient (Wildman–Crippen LogP) is 0.582. The molecule has 1 heterocycles. The van der Waals surface area contributed by atoms with Gasteiger partial charge in [0.05, 0.1) is 6.61 Å². The maximum absolute atomic E-state index is 11.7. The van der Waals surface area contributed by atoms with E-state index in [1.165, 1.54) is 6.92 Å². The van der Waals surface area contributed by atoms with E-state index in [0.29, 0.717) is 5.56 Å². The second-order valence-corrected chi connectivity index (χ2v) is 10.4. The molecule has 2 rings (SSSR count). The monoisotopic (exact) mass is 464 g/mol. The smallest absolute Gasteiger partial charge is 0.387 e. The van der Waals surface area contributed by atoms with Gasteiger partial charge in [0, 0.05) is 0 Å². The second-order valence-electron chi connectivity index (χ2n) is 6.02. The maximum Gasteiger partial charge on any atom is 0.490 e. The molecule has 0 aromatic heterocycles. The van der Waals surface area contributed by atoms with Gasteiger partial charge in [0.2, 0.25) is 0 Å².